The van der Waals surface area contributed by atoms with Crippen LogP contribution in [0.5, 0.6) is 0 Å². The Labute approximate surface area is 123 Å². The van der Waals surface area contributed by atoms with Gasteiger partial charge in [-0.3, -0.25) is 9.78 Å². The lowest BCUT2D eigenvalue weighted by Crippen LogP contribution is -2.24. The van der Waals surface area contributed by atoms with Crippen LogP contribution in [0.15, 0.2) is 36.9 Å². The molecule has 2 aromatic rings. The van der Waals surface area contributed by atoms with Crippen LogP contribution in [-0.2, 0) is 6.54 Å². The summed E-state index contributed by atoms with van der Waals surface area (Å²) < 4.78 is 0. The standard InChI is InChI=1S/C15H17N5O/c21-14(17-9-12-4-3-5-16-8-12)13-10-18-15(19-11-13)20-6-1-2-7-20/h3-5,8,10-11H,1-2,6-7,9H2,(H,17,21). The van der Waals surface area contributed by atoms with Crippen molar-refractivity contribution in [1.29, 1.82) is 0 Å². The third kappa shape index (κ3) is 3.34. The van der Waals surface area contributed by atoms with E-state index in [-0.39, 0.29) is 5.91 Å². The third-order valence-electron chi connectivity index (χ3n) is 3.47. The van der Waals surface area contributed by atoms with Gasteiger partial charge in [0.15, 0.2) is 0 Å². The summed E-state index contributed by atoms with van der Waals surface area (Å²) in [5, 5.41) is 2.83. The topological polar surface area (TPSA) is 71.0 Å². The van der Waals surface area contributed by atoms with E-state index in [1.807, 2.05) is 12.1 Å². The van der Waals surface area contributed by atoms with Gasteiger partial charge in [-0.1, -0.05) is 6.07 Å². The van der Waals surface area contributed by atoms with E-state index in [2.05, 4.69) is 25.2 Å². The summed E-state index contributed by atoms with van der Waals surface area (Å²) in [4.78, 5) is 26.7. The molecule has 0 bridgehead atoms. The van der Waals surface area contributed by atoms with Crippen molar-refractivity contribution in [3.05, 3.63) is 48.0 Å². The van der Waals surface area contributed by atoms with Gasteiger partial charge in [-0.15, -0.1) is 0 Å². The fourth-order valence-corrected chi connectivity index (χ4v) is 2.31. The van der Waals surface area contributed by atoms with Crippen LogP contribution in [0.2, 0.25) is 0 Å². The van der Waals surface area contributed by atoms with E-state index in [1.165, 1.54) is 12.8 Å². The van der Waals surface area contributed by atoms with Gasteiger partial charge in [0, 0.05) is 44.4 Å². The number of aromatic nitrogens is 3. The van der Waals surface area contributed by atoms with Crippen LogP contribution >= 0.6 is 0 Å². The quantitative estimate of drug-likeness (QED) is 0.918. The van der Waals surface area contributed by atoms with Gasteiger partial charge in [-0.2, -0.15) is 0 Å². The molecule has 1 aliphatic heterocycles. The van der Waals surface area contributed by atoms with Crippen LogP contribution in [-0.4, -0.2) is 33.9 Å². The lowest BCUT2D eigenvalue weighted by atomic mass is 10.2. The number of amides is 1. The van der Waals surface area contributed by atoms with Gasteiger partial charge in [0.25, 0.3) is 5.91 Å². The molecular formula is C15H17N5O. The van der Waals surface area contributed by atoms with Gasteiger partial charge >= 0.3 is 0 Å². The van der Waals surface area contributed by atoms with Crippen LogP contribution in [0, 0.1) is 0 Å². The number of rotatable bonds is 4. The molecule has 3 rings (SSSR count). The van der Waals surface area contributed by atoms with Crippen molar-refractivity contribution in [2.75, 3.05) is 18.0 Å². The minimum Gasteiger partial charge on any atom is -0.348 e. The molecule has 0 radical (unpaired) electrons. The minimum atomic E-state index is -0.174. The van der Waals surface area contributed by atoms with E-state index in [0.29, 0.717) is 18.1 Å². The minimum absolute atomic E-state index is 0.174. The van der Waals surface area contributed by atoms with Gasteiger partial charge in [0.2, 0.25) is 5.95 Å². The molecule has 1 fully saturated rings. The predicted molar refractivity (Wildman–Crippen MR) is 78.9 cm³/mol. The van der Waals surface area contributed by atoms with Crippen molar-refractivity contribution in [3.8, 4) is 0 Å². The lowest BCUT2D eigenvalue weighted by Gasteiger charge is -2.14. The molecule has 6 nitrogen and oxygen atoms in total. The van der Waals surface area contributed by atoms with Crippen molar-refractivity contribution < 1.29 is 4.79 Å². The van der Waals surface area contributed by atoms with Crippen LogP contribution < -0.4 is 10.2 Å². The summed E-state index contributed by atoms with van der Waals surface area (Å²) in [6.07, 6.45) is 8.95. The molecule has 2 aromatic heterocycles. The molecule has 21 heavy (non-hydrogen) atoms. The Balaban J connectivity index is 1.59. The second-order valence-electron chi connectivity index (χ2n) is 5.01. The maximum absolute atomic E-state index is 12.0. The maximum Gasteiger partial charge on any atom is 0.254 e. The summed E-state index contributed by atoms with van der Waals surface area (Å²) in [6.45, 7) is 2.43. The second-order valence-corrected chi connectivity index (χ2v) is 5.01. The monoisotopic (exact) mass is 283 g/mol. The summed E-state index contributed by atoms with van der Waals surface area (Å²) in [5.74, 6) is 0.531. The Morgan fingerprint density at radius 3 is 2.62 bits per heavy atom. The van der Waals surface area contributed by atoms with Crippen LogP contribution in [0.3, 0.4) is 0 Å². The summed E-state index contributed by atoms with van der Waals surface area (Å²) in [7, 11) is 0. The molecule has 1 amide bonds. The maximum atomic E-state index is 12.0. The highest BCUT2D eigenvalue weighted by Gasteiger charge is 2.15. The normalized spacial score (nSPS) is 14.2. The first kappa shape index (κ1) is 13.5. The molecule has 0 aromatic carbocycles. The van der Waals surface area contributed by atoms with E-state index in [4.69, 9.17) is 0 Å². The Bertz CT molecular complexity index is 593. The lowest BCUT2D eigenvalue weighted by molar-refractivity contribution is 0.0950. The van der Waals surface area contributed by atoms with E-state index in [0.717, 1.165) is 18.7 Å². The molecule has 1 saturated heterocycles. The van der Waals surface area contributed by atoms with Crippen molar-refractivity contribution in [3.63, 3.8) is 0 Å². The summed E-state index contributed by atoms with van der Waals surface area (Å²) in [6, 6.07) is 3.76. The number of pyridine rings is 1. The predicted octanol–water partition coefficient (Wildman–Crippen LogP) is 1.40. The van der Waals surface area contributed by atoms with Crippen molar-refractivity contribution in [1.82, 2.24) is 20.3 Å². The largest absolute Gasteiger partial charge is 0.348 e. The first-order valence-corrected chi connectivity index (χ1v) is 7.07. The molecule has 6 heteroatoms. The SMILES string of the molecule is O=C(NCc1cccnc1)c1cnc(N2CCCC2)nc1. The van der Waals surface area contributed by atoms with Crippen LogP contribution in [0.4, 0.5) is 5.95 Å². The Kier molecular flexibility index (Phi) is 4.04. The number of nitrogens with one attached hydrogen (secondary N) is 1. The zero-order valence-electron chi connectivity index (χ0n) is 11.7. The smallest absolute Gasteiger partial charge is 0.254 e. The van der Waals surface area contributed by atoms with Gasteiger partial charge in [-0.05, 0) is 24.5 Å². The van der Waals surface area contributed by atoms with E-state index in [9.17, 15) is 4.79 Å². The molecule has 3 heterocycles. The molecule has 108 valence electrons. The zero-order chi connectivity index (χ0) is 14.5. The van der Waals surface area contributed by atoms with Crippen LogP contribution in [0.1, 0.15) is 28.8 Å². The number of hydrogen-bond acceptors (Lipinski definition) is 5. The Morgan fingerprint density at radius 1 is 1.19 bits per heavy atom. The molecule has 0 atom stereocenters. The number of carbonyl (C=O) groups excluding carboxylic acids is 1. The van der Waals surface area contributed by atoms with Crippen LogP contribution in [0.25, 0.3) is 0 Å². The average Bonchev–Trinajstić information content (AvgIpc) is 3.08. The van der Waals surface area contributed by atoms with E-state index >= 15 is 0 Å². The molecule has 0 unspecified atom stereocenters. The fourth-order valence-electron chi connectivity index (χ4n) is 2.31. The van der Waals surface area contributed by atoms with Gasteiger partial charge in [0.05, 0.1) is 5.56 Å². The number of anilines is 1. The Hall–Kier alpha value is -2.50. The molecule has 1 aliphatic rings. The highest BCUT2D eigenvalue weighted by Crippen LogP contribution is 2.14. The molecule has 1 N–H and O–H groups in total. The zero-order valence-corrected chi connectivity index (χ0v) is 11.7. The van der Waals surface area contributed by atoms with Crippen molar-refractivity contribution in [2.24, 2.45) is 0 Å². The van der Waals surface area contributed by atoms with Crippen molar-refractivity contribution in [2.45, 2.75) is 19.4 Å². The van der Waals surface area contributed by atoms with E-state index in [1.54, 1.807) is 24.8 Å². The molecule has 0 spiro atoms. The molecular weight excluding hydrogens is 266 g/mol. The summed E-state index contributed by atoms with van der Waals surface area (Å²) >= 11 is 0. The first-order valence-electron chi connectivity index (χ1n) is 7.07. The van der Waals surface area contributed by atoms with Gasteiger partial charge < -0.3 is 10.2 Å². The fraction of sp³-hybridized carbons (Fsp3) is 0.333. The van der Waals surface area contributed by atoms with E-state index < -0.39 is 0 Å². The highest BCUT2D eigenvalue weighted by atomic mass is 16.1. The number of hydrogen-bond donors (Lipinski definition) is 1. The second kappa shape index (κ2) is 6.30. The molecule has 0 saturated carbocycles. The highest BCUT2D eigenvalue weighted by molar-refractivity contribution is 5.93. The van der Waals surface area contributed by atoms with Crippen molar-refractivity contribution >= 4 is 11.9 Å². The first-order chi connectivity index (χ1) is 10.3. The average molecular weight is 283 g/mol. The van der Waals surface area contributed by atoms with Gasteiger partial charge in [0.1, 0.15) is 0 Å². The molecule has 0 aliphatic carbocycles. The number of nitrogens with zero attached hydrogens (tertiary/aromatic N) is 4. The number of carbonyl (C=O) groups is 1. The summed E-state index contributed by atoms with van der Waals surface area (Å²) in [5.41, 5.74) is 1.43. The van der Waals surface area contributed by atoms with Gasteiger partial charge in [-0.25, -0.2) is 9.97 Å². The Morgan fingerprint density at radius 2 is 1.95 bits per heavy atom. The third-order valence-corrected chi connectivity index (χ3v) is 3.47.